The zero-order valence-electron chi connectivity index (χ0n) is 14.4. The van der Waals surface area contributed by atoms with Crippen LogP contribution in [-0.2, 0) is 4.74 Å². The number of halogens is 1. The fraction of sp³-hybridized carbons (Fsp3) is 0.389. The standard InChI is InChI=1S/C18H19FN4O3/c1-11-15(17(24)20-10-12-6-8-25-9-7-12)26-18-21-16(22-23(11)18)13-2-4-14(19)5-3-13/h2-5,12H,6-10H2,1H3,(H,20,24). The van der Waals surface area contributed by atoms with Crippen molar-refractivity contribution in [3.8, 4) is 11.4 Å². The van der Waals surface area contributed by atoms with Crippen LogP contribution in [0.4, 0.5) is 4.39 Å². The number of ether oxygens (including phenoxy) is 1. The molecule has 26 heavy (non-hydrogen) atoms. The van der Waals surface area contributed by atoms with E-state index in [1.54, 1.807) is 19.1 Å². The summed E-state index contributed by atoms with van der Waals surface area (Å²) in [5.41, 5.74) is 1.25. The summed E-state index contributed by atoms with van der Waals surface area (Å²) in [6.07, 6.45) is 1.90. The monoisotopic (exact) mass is 358 g/mol. The number of hydrogen-bond acceptors (Lipinski definition) is 5. The molecule has 8 heteroatoms. The molecule has 1 amide bonds. The molecule has 0 spiro atoms. The van der Waals surface area contributed by atoms with E-state index in [1.807, 2.05) is 0 Å². The van der Waals surface area contributed by atoms with E-state index in [2.05, 4.69) is 15.4 Å². The number of amides is 1. The largest absolute Gasteiger partial charge is 0.416 e. The van der Waals surface area contributed by atoms with Gasteiger partial charge in [-0.2, -0.15) is 9.50 Å². The third-order valence-electron chi connectivity index (χ3n) is 4.62. The fourth-order valence-corrected chi connectivity index (χ4v) is 3.04. The van der Waals surface area contributed by atoms with Gasteiger partial charge in [0.2, 0.25) is 5.76 Å². The number of hydrogen-bond donors (Lipinski definition) is 1. The number of carbonyl (C=O) groups excluding carboxylic acids is 1. The molecule has 1 aliphatic rings. The molecule has 136 valence electrons. The van der Waals surface area contributed by atoms with E-state index >= 15 is 0 Å². The van der Waals surface area contributed by atoms with Crippen LogP contribution in [0.5, 0.6) is 0 Å². The quantitative estimate of drug-likeness (QED) is 0.775. The van der Waals surface area contributed by atoms with Gasteiger partial charge in [-0.05, 0) is 49.9 Å². The van der Waals surface area contributed by atoms with Gasteiger partial charge in [0.1, 0.15) is 5.82 Å². The van der Waals surface area contributed by atoms with E-state index in [0.717, 1.165) is 26.1 Å². The van der Waals surface area contributed by atoms with Gasteiger partial charge in [-0.1, -0.05) is 0 Å². The lowest BCUT2D eigenvalue weighted by Crippen LogP contribution is -2.32. The van der Waals surface area contributed by atoms with Gasteiger partial charge in [0.05, 0.1) is 5.69 Å². The Hall–Kier alpha value is -2.74. The Morgan fingerprint density at radius 3 is 2.73 bits per heavy atom. The van der Waals surface area contributed by atoms with Gasteiger partial charge >= 0.3 is 5.84 Å². The Bertz CT molecular complexity index is 926. The van der Waals surface area contributed by atoms with Crippen molar-refractivity contribution in [1.82, 2.24) is 19.9 Å². The number of rotatable bonds is 4. The molecule has 0 bridgehead atoms. The molecule has 1 saturated heterocycles. The van der Waals surface area contributed by atoms with Crippen molar-refractivity contribution in [1.29, 1.82) is 0 Å². The summed E-state index contributed by atoms with van der Waals surface area (Å²) < 4.78 is 25.5. The fourth-order valence-electron chi connectivity index (χ4n) is 3.04. The summed E-state index contributed by atoms with van der Waals surface area (Å²) in [4.78, 5) is 16.7. The second kappa shape index (κ2) is 6.87. The zero-order valence-corrected chi connectivity index (χ0v) is 14.4. The number of nitrogens with zero attached hydrogens (tertiary/aromatic N) is 3. The third kappa shape index (κ3) is 3.20. The minimum atomic E-state index is -0.323. The maximum Gasteiger partial charge on any atom is 0.325 e. The first kappa shape index (κ1) is 16.7. The molecule has 0 atom stereocenters. The highest BCUT2D eigenvalue weighted by atomic mass is 19.1. The van der Waals surface area contributed by atoms with Gasteiger partial charge in [-0.3, -0.25) is 4.79 Å². The Morgan fingerprint density at radius 2 is 2.04 bits per heavy atom. The predicted octanol–water partition coefficient (Wildman–Crippen LogP) is 2.59. The average molecular weight is 358 g/mol. The van der Waals surface area contributed by atoms with Crippen LogP contribution in [0.25, 0.3) is 17.2 Å². The predicted molar refractivity (Wildman–Crippen MR) is 91.3 cm³/mol. The Kier molecular flexibility index (Phi) is 4.42. The maximum absolute atomic E-state index is 13.0. The zero-order chi connectivity index (χ0) is 18.1. The van der Waals surface area contributed by atoms with Gasteiger partial charge in [0.25, 0.3) is 5.91 Å². The van der Waals surface area contributed by atoms with E-state index in [9.17, 15) is 9.18 Å². The van der Waals surface area contributed by atoms with Crippen LogP contribution in [0.2, 0.25) is 0 Å². The van der Waals surface area contributed by atoms with E-state index in [4.69, 9.17) is 9.15 Å². The molecule has 0 unspecified atom stereocenters. The maximum atomic E-state index is 13.0. The minimum Gasteiger partial charge on any atom is -0.416 e. The summed E-state index contributed by atoms with van der Waals surface area (Å²) in [5, 5.41) is 7.27. The second-order valence-corrected chi connectivity index (χ2v) is 6.42. The molecule has 2 aromatic heterocycles. The van der Waals surface area contributed by atoms with Crippen LogP contribution in [0.3, 0.4) is 0 Å². The van der Waals surface area contributed by atoms with Crippen molar-refractivity contribution < 1.29 is 18.3 Å². The molecule has 1 N–H and O–H groups in total. The van der Waals surface area contributed by atoms with E-state index in [1.165, 1.54) is 16.6 Å². The van der Waals surface area contributed by atoms with Crippen molar-refractivity contribution in [2.24, 2.45) is 5.92 Å². The van der Waals surface area contributed by atoms with E-state index in [0.29, 0.717) is 29.5 Å². The number of oxazole rings is 1. The van der Waals surface area contributed by atoms with Gasteiger partial charge in [-0.15, -0.1) is 5.10 Å². The van der Waals surface area contributed by atoms with Crippen LogP contribution >= 0.6 is 0 Å². The first-order chi connectivity index (χ1) is 12.6. The Morgan fingerprint density at radius 1 is 1.31 bits per heavy atom. The van der Waals surface area contributed by atoms with Gasteiger partial charge in [0, 0.05) is 25.3 Å². The number of carbonyl (C=O) groups is 1. The third-order valence-corrected chi connectivity index (χ3v) is 4.62. The normalized spacial score (nSPS) is 15.5. The molecule has 0 aliphatic carbocycles. The number of fused-ring (bicyclic) bond motifs is 1. The Labute approximate surface area is 149 Å². The van der Waals surface area contributed by atoms with Gasteiger partial charge in [0.15, 0.2) is 5.82 Å². The molecule has 1 fully saturated rings. The van der Waals surface area contributed by atoms with Crippen LogP contribution in [0.15, 0.2) is 28.7 Å². The smallest absolute Gasteiger partial charge is 0.325 e. The molecular formula is C18H19FN4O3. The van der Waals surface area contributed by atoms with Crippen molar-refractivity contribution in [2.45, 2.75) is 19.8 Å². The Balaban J connectivity index is 1.51. The lowest BCUT2D eigenvalue weighted by Gasteiger charge is -2.21. The first-order valence-electron chi connectivity index (χ1n) is 8.60. The van der Waals surface area contributed by atoms with Gasteiger partial charge in [-0.25, -0.2) is 4.39 Å². The van der Waals surface area contributed by atoms with Crippen molar-refractivity contribution in [3.63, 3.8) is 0 Å². The van der Waals surface area contributed by atoms with Gasteiger partial charge < -0.3 is 14.5 Å². The molecule has 0 saturated carbocycles. The highest BCUT2D eigenvalue weighted by Gasteiger charge is 2.22. The summed E-state index contributed by atoms with van der Waals surface area (Å²) in [7, 11) is 0. The van der Waals surface area contributed by atoms with Crippen LogP contribution in [-0.4, -0.2) is 40.3 Å². The molecule has 3 heterocycles. The highest BCUT2D eigenvalue weighted by molar-refractivity contribution is 5.92. The van der Waals surface area contributed by atoms with E-state index in [-0.39, 0.29) is 23.3 Å². The van der Waals surface area contributed by atoms with Crippen molar-refractivity contribution in [3.05, 3.63) is 41.5 Å². The summed E-state index contributed by atoms with van der Waals surface area (Å²) >= 11 is 0. The number of benzene rings is 1. The van der Waals surface area contributed by atoms with Crippen LogP contribution < -0.4 is 5.32 Å². The lowest BCUT2D eigenvalue weighted by atomic mass is 10.0. The van der Waals surface area contributed by atoms with Crippen molar-refractivity contribution >= 4 is 11.8 Å². The summed E-state index contributed by atoms with van der Waals surface area (Å²) in [5.74, 6) is 0.688. The lowest BCUT2D eigenvalue weighted by molar-refractivity contribution is 0.0639. The molecule has 1 aromatic carbocycles. The highest BCUT2D eigenvalue weighted by Crippen LogP contribution is 2.21. The van der Waals surface area contributed by atoms with Crippen LogP contribution in [0.1, 0.15) is 29.1 Å². The first-order valence-corrected chi connectivity index (χ1v) is 8.60. The van der Waals surface area contributed by atoms with Crippen molar-refractivity contribution in [2.75, 3.05) is 19.8 Å². The molecule has 0 radical (unpaired) electrons. The SMILES string of the molecule is Cc1c(C(=O)NCC2CCOCC2)oc2nc(-c3ccc(F)cc3)nn12. The number of aryl methyl sites for hydroxylation is 1. The molecule has 3 aromatic rings. The summed E-state index contributed by atoms with van der Waals surface area (Å²) in [6, 6.07) is 5.89. The molecule has 7 nitrogen and oxygen atoms in total. The molecule has 4 rings (SSSR count). The van der Waals surface area contributed by atoms with Crippen LogP contribution in [0, 0.1) is 18.7 Å². The molecular weight excluding hydrogens is 339 g/mol. The topological polar surface area (TPSA) is 81.7 Å². The number of nitrogens with one attached hydrogen (secondary N) is 1. The number of aromatic nitrogens is 3. The minimum absolute atomic E-state index is 0.206. The average Bonchev–Trinajstić information content (AvgIpc) is 3.21. The van der Waals surface area contributed by atoms with E-state index < -0.39 is 0 Å². The second-order valence-electron chi connectivity index (χ2n) is 6.42. The molecule has 1 aliphatic heterocycles. The summed E-state index contributed by atoms with van der Waals surface area (Å²) in [6.45, 7) is 3.83.